The van der Waals surface area contributed by atoms with Crippen molar-refractivity contribution in [3.63, 3.8) is 0 Å². The van der Waals surface area contributed by atoms with E-state index in [1.54, 1.807) is 19.2 Å². The zero-order valence-electron chi connectivity index (χ0n) is 18.7. The number of primary sulfonamides is 1. The largest absolute Gasteiger partial charge is 0.497 e. The molecule has 0 aliphatic carbocycles. The molecule has 0 aliphatic heterocycles. The highest BCUT2D eigenvalue weighted by molar-refractivity contribution is 8.22. The van der Waals surface area contributed by atoms with E-state index in [0.29, 0.717) is 33.0 Å². The van der Waals surface area contributed by atoms with Gasteiger partial charge in [0.15, 0.2) is 10.1 Å². The molecule has 4 rings (SSSR count). The van der Waals surface area contributed by atoms with Crippen molar-refractivity contribution < 1.29 is 22.8 Å². The van der Waals surface area contributed by atoms with Crippen molar-refractivity contribution in [2.45, 2.75) is 9.79 Å². The summed E-state index contributed by atoms with van der Waals surface area (Å²) in [5.41, 5.74) is 2.77. The zero-order chi connectivity index (χ0) is 25.2. The van der Waals surface area contributed by atoms with Gasteiger partial charge in [0.2, 0.25) is 15.9 Å². The zero-order valence-corrected chi connectivity index (χ0v) is 21.2. The van der Waals surface area contributed by atoms with E-state index in [9.17, 15) is 13.6 Å². The van der Waals surface area contributed by atoms with Crippen molar-refractivity contribution in [1.82, 2.24) is 10.0 Å². The fourth-order valence-electron chi connectivity index (χ4n) is 3.21. The Labute approximate surface area is 212 Å². The monoisotopic (exact) mass is 527 g/mol. The van der Waals surface area contributed by atoms with Crippen molar-refractivity contribution in [1.29, 1.82) is 0 Å². The molecule has 8 nitrogen and oxygen atoms in total. The molecular weight excluding hydrogens is 506 g/mol. The van der Waals surface area contributed by atoms with Gasteiger partial charge in [0.1, 0.15) is 11.4 Å². The lowest BCUT2D eigenvalue weighted by atomic mass is 10.1. The number of hydrogen-bond acceptors (Lipinski definition) is 8. The van der Waals surface area contributed by atoms with Gasteiger partial charge in [0.25, 0.3) is 0 Å². The van der Waals surface area contributed by atoms with Gasteiger partial charge in [-0.15, -0.1) is 0 Å². The first-order valence-electron chi connectivity index (χ1n) is 10.2. The first-order chi connectivity index (χ1) is 16.7. The van der Waals surface area contributed by atoms with E-state index >= 15 is 0 Å². The van der Waals surface area contributed by atoms with Gasteiger partial charge in [-0.1, -0.05) is 24.0 Å². The smallest absolute Gasteiger partial charge is 0.238 e. The third kappa shape index (κ3) is 5.72. The molecule has 0 saturated carbocycles. The van der Waals surface area contributed by atoms with Crippen LogP contribution in [0.5, 0.6) is 5.75 Å². The van der Waals surface area contributed by atoms with Crippen molar-refractivity contribution in [3.8, 4) is 39.8 Å². The summed E-state index contributed by atoms with van der Waals surface area (Å²) in [6.07, 6.45) is 0. The van der Waals surface area contributed by atoms with Gasteiger partial charge in [0, 0.05) is 28.6 Å². The molecule has 4 aromatic rings. The lowest BCUT2D eigenvalue weighted by molar-refractivity contribution is 0.0205. The molecule has 11 heteroatoms. The first kappa shape index (κ1) is 24.9. The Bertz CT molecular complexity index is 1450. The van der Waals surface area contributed by atoms with Crippen molar-refractivity contribution in [3.05, 3.63) is 72.8 Å². The maximum absolute atomic E-state index is 11.7. The second kappa shape index (κ2) is 10.2. The van der Waals surface area contributed by atoms with Crippen LogP contribution in [0.1, 0.15) is 0 Å². The molecule has 35 heavy (non-hydrogen) atoms. The molecule has 0 amide bonds. The van der Waals surface area contributed by atoms with Crippen LogP contribution >= 0.6 is 24.0 Å². The summed E-state index contributed by atoms with van der Waals surface area (Å²) in [6, 6.07) is 20.9. The lowest BCUT2D eigenvalue weighted by Crippen LogP contribution is -2.16. The lowest BCUT2D eigenvalue weighted by Gasteiger charge is -2.10. The van der Waals surface area contributed by atoms with E-state index in [2.05, 4.69) is 0 Å². The third-order valence-corrected chi connectivity index (χ3v) is 7.40. The number of oxazole rings is 1. The number of ether oxygens (including phenoxy) is 1. The second-order valence-electron chi connectivity index (χ2n) is 7.41. The number of sulfonamides is 1. The Morgan fingerprint density at radius 2 is 1.57 bits per heavy atom. The average molecular weight is 528 g/mol. The normalized spacial score (nSPS) is 11.3. The molecule has 0 saturated heterocycles. The summed E-state index contributed by atoms with van der Waals surface area (Å²) in [4.78, 5) is 5.59. The number of methoxy groups -OCH3 is 1. The average Bonchev–Trinajstić information content (AvgIpc) is 3.29. The molecule has 0 spiro atoms. The van der Waals surface area contributed by atoms with E-state index in [-0.39, 0.29) is 4.90 Å². The molecule has 0 radical (unpaired) electrons. The van der Waals surface area contributed by atoms with Crippen molar-refractivity contribution in [2.24, 2.45) is 5.14 Å². The van der Waals surface area contributed by atoms with Crippen LogP contribution < -0.4 is 9.88 Å². The number of nitrogens with two attached hydrogens (primary N) is 1. The predicted molar refractivity (Wildman–Crippen MR) is 139 cm³/mol. The van der Waals surface area contributed by atoms with Crippen LogP contribution in [0.4, 0.5) is 0 Å². The van der Waals surface area contributed by atoms with Crippen LogP contribution in [0.25, 0.3) is 34.0 Å². The molecule has 0 bridgehead atoms. The molecule has 3 N–H and O–H groups in total. The van der Waals surface area contributed by atoms with Crippen LogP contribution in [0.3, 0.4) is 0 Å². The number of rotatable bonds is 6. The van der Waals surface area contributed by atoms with E-state index in [1.807, 2.05) is 48.5 Å². The Balaban J connectivity index is 1.75. The van der Waals surface area contributed by atoms with Gasteiger partial charge < -0.3 is 9.15 Å². The quantitative estimate of drug-likeness (QED) is 0.202. The molecule has 180 valence electrons. The second-order valence-corrected chi connectivity index (χ2v) is 10.7. The van der Waals surface area contributed by atoms with Crippen LogP contribution in [0.2, 0.25) is 0 Å². The van der Waals surface area contributed by atoms with Gasteiger partial charge in [-0.05, 0) is 72.8 Å². The standard InChI is InChI=1S/C24H21N3O5S3/c1-27(28)24(33)34-19-11-5-17(6-12-19)23-26-21(15-3-9-18(31-2)10-4-15)22(32-23)16-7-13-20(14-8-16)35(25,29)30/h3-14,28H,1-2H3,(H2,25,29,30). The van der Waals surface area contributed by atoms with Crippen LogP contribution in [-0.4, -0.2) is 42.2 Å². The molecule has 0 unspecified atom stereocenters. The number of nitrogens with zero attached hydrogens (tertiary/aromatic N) is 2. The fourth-order valence-corrected chi connectivity index (χ4v) is 4.62. The Hall–Kier alpha value is -3.22. The highest BCUT2D eigenvalue weighted by Gasteiger charge is 2.19. The summed E-state index contributed by atoms with van der Waals surface area (Å²) in [5, 5.41) is 15.6. The summed E-state index contributed by atoms with van der Waals surface area (Å²) in [6.45, 7) is 0. The van der Waals surface area contributed by atoms with E-state index in [4.69, 9.17) is 31.5 Å². The summed E-state index contributed by atoms with van der Waals surface area (Å²) in [5.74, 6) is 1.57. The minimum Gasteiger partial charge on any atom is -0.497 e. The highest BCUT2D eigenvalue weighted by Crippen LogP contribution is 2.37. The third-order valence-electron chi connectivity index (χ3n) is 5.01. The highest BCUT2D eigenvalue weighted by atomic mass is 32.2. The number of thioether (sulfide) groups is 1. The van der Waals surface area contributed by atoms with E-state index in [0.717, 1.165) is 21.1 Å². The molecular formula is C24H21N3O5S3. The predicted octanol–water partition coefficient (Wildman–Crippen LogP) is 5.03. The van der Waals surface area contributed by atoms with Crippen molar-refractivity contribution >= 4 is 38.3 Å². The van der Waals surface area contributed by atoms with Gasteiger partial charge >= 0.3 is 0 Å². The SMILES string of the molecule is COc1ccc(-c2nc(-c3ccc(SC(=S)N(C)O)cc3)oc2-c2ccc(S(N)(=O)=O)cc2)cc1. The number of benzene rings is 3. The maximum Gasteiger partial charge on any atom is 0.238 e. The molecule has 0 aliphatic rings. The molecule has 1 aromatic heterocycles. The fraction of sp³-hybridized carbons (Fsp3) is 0.0833. The molecule has 3 aromatic carbocycles. The van der Waals surface area contributed by atoms with Gasteiger partial charge in [0.05, 0.1) is 12.0 Å². The van der Waals surface area contributed by atoms with Crippen molar-refractivity contribution in [2.75, 3.05) is 14.2 Å². The molecule has 0 atom stereocenters. The summed E-state index contributed by atoms with van der Waals surface area (Å²) < 4.78 is 35.1. The van der Waals surface area contributed by atoms with Crippen LogP contribution in [-0.2, 0) is 10.0 Å². The Morgan fingerprint density at radius 3 is 2.11 bits per heavy atom. The molecule has 0 fully saturated rings. The number of hydroxylamine groups is 2. The van der Waals surface area contributed by atoms with E-state index < -0.39 is 10.0 Å². The van der Waals surface area contributed by atoms with Crippen LogP contribution in [0.15, 0.2) is 87.0 Å². The Kier molecular flexibility index (Phi) is 7.24. The topological polar surface area (TPSA) is 119 Å². The van der Waals surface area contributed by atoms with Gasteiger partial charge in [-0.25, -0.2) is 23.6 Å². The van der Waals surface area contributed by atoms with Gasteiger partial charge in [-0.3, -0.25) is 5.21 Å². The Morgan fingerprint density at radius 1 is 1.00 bits per heavy atom. The van der Waals surface area contributed by atoms with Crippen LogP contribution in [0, 0.1) is 0 Å². The number of hydrogen-bond donors (Lipinski definition) is 2. The first-order valence-corrected chi connectivity index (χ1v) is 13.0. The number of thiocarbonyl (C=S) groups is 1. The maximum atomic E-state index is 11.7. The minimum absolute atomic E-state index is 0.00603. The summed E-state index contributed by atoms with van der Waals surface area (Å²) >= 11 is 6.37. The summed E-state index contributed by atoms with van der Waals surface area (Å²) in [7, 11) is -0.759. The van der Waals surface area contributed by atoms with E-state index in [1.165, 1.54) is 30.9 Å². The number of aromatic nitrogens is 1. The molecule has 1 heterocycles. The minimum atomic E-state index is -3.82. The van der Waals surface area contributed by atoms with Gasteiger partial charge in [-0.2, -0.15) is 0 Å².